The van der Waals surface area contributed by atoms with E-state index in [9.17, 15) is 4.79 Å². The zero-order valence-corrected chi connectivity index (χ0v) is 9.16. The molecule has 17 heavy (non-hydrogen) atoms. The maximum Gasteiger partial charge on any atom is 0.339 e. The standard InChI is InChI=1S/C12H10N2O3/c1-16-14-7-8(6-13)11-9-4-2-3-5-10(9)12(15)17-11/h2-5,7-8,11H,1H3/b14-7-/t8-,11+/m1/s1. The average Bonchev–Trinajstić information content (AvgIpc) is 2.69. The fraction of sp³-hybridized carbons (Fsp3) is 0.250. The molecule has 0 spiro atoms. The number of nitriles is 1. The number of cyclic esters (lactones) is 1. The lowest BCUT2D eigenvalue weighted by Crippen LogP contribution is -2.12. The van der Waals surface area contributed by atoms with Gasteiger partial charge in [-0.25, -0.2) is 4.79 Å². The van der Waals surface area contributed by atoms with Crippen molar-refractivity contribution in [2.45, 2.75) is 6.10 Å². The molecule has 0 bridgehead atoms. The summed E-state index contributed by atoms with van der Waals surface area (Å²) in [6, 6.07) is 9.05. The molecular formula is C12H10N2O3. The second-order valence-corrected chi connectivity index (χ2v) is 3.51. The molecule has 0 aromatic heterocycles. The number of carbonyl (C=O) groups excluding carboxylic acids is 1. The molecule has 5 nitrogen and oxygen atoms in total. The molecule has 0 saturated carbocycles. The minimum atomic E-state index is -0.650. The van der Waals surface area contributed by atoms with E-state index in [2.05, 4.69) is 9.99 Å². The fourth-order valence-corrected chi connectivity index (χ4v) is 1.75. The molecule has 1 aromatic carbocycles. The number of carbonyl (C=O) groups is 1. The molecule has 86 valence electrons. The lowest BCUT2D eigenvalue weighted by Gasteiger charge is -2.12. The van der Waals surface area contributed by atoms with Gasteiger partial charge in [-0.1, -0.05) is 23.4 Å². The van der Waals surface area contributed by atoms with E-state index in [1.807, 2.05) is 6.07 Å². The molecule has 2 rings (SSSR count). The highest BCUT2D eigenvalue weighted by molar-refractivity contribution is 5.94. The van der Waals surface area contributed by atoms with Gasteiger partial charge in [0.1, 0.15) is 19.1 Å². The van der Waals surface area contributed by atoms with E-state index in [-0.39, 0.29) is 0 Å². The highest BCUT2D eigenvalue weighted by Gasteiger charge is 2.35. The van der Waals surface area contributed by atoms with Crippen molar-refractivity contribution < 1.29 is 14.4 Å². The van der Waals surface area contributed by atoms with Gasteiger partial charge >= 0.3 is 5.97 Å². The summed E-state index contributed by atoms with van der Waals surface area (Å²) in [5.74, 6) is -1.06. The summed E-state index contributed by atoms with van der Waals surface area (Å²) >= 11 is 0. The van der Waals surface area contributed by atoms with Crippen LogP contribution in [0.3, 0.4) is 0 Å². The van der Waals surface area contributed by atoms with Gasteiger partial charge in [-0.15, -0.1) is 0 Å². The first-order valence-corrected chi connectivity index (χ1v) is 5.04. The van der Waals surface area contributed by atoms with Crippen LogP contribution in [0.5, 0.6) is 0 Å². The Balaban J connectivity index is 2.33. The van der Waals surface area contributed by atoms with Crippen LogP contribution in [0.2, 0.25) is 0 Å². The minimum Gasteiger partial charge on any atom is -0.452 e. The van der Waals surface area contributed by atoms with Crippen LogP contribution in [0.4, 0.5) is 0 Å². The lowest BCUT2D eigenvalue weighted by molar-refractivity contribution is 0.0353. The molecule has 0 unspecified atom stereocenters. The second kappa shape index (κ2) is 4.66. The first kappa shape index (κ1) is 11.1. The minimum absolute atomic E-state index is 0.406. The van der Waals surface area contributed by atoms with Gasteiger partial charge in [-0.05, 0) is 6.07 Å². The Labute approximate surface area is 98.2 Å². The average molecular weight is 230 g/mol. The van der Waals surface area contributed by atoms with E-state index >= 15 is 0 Å². The zero-order chi connectivity index (χ0) is 12.3. The van der Waals surface area contributed by atoms with E-state index in [0.29, 0.717) is 11.1 Å². The molecule has 2 atom stereocenters. The number of oxime groups is 1. The molecule has 0 saturated heterocycles. The first-order valence-electron chi connectivity index (χ1n) is 5.04. The maximum atomic E-state index is 11.6. The smallest absolute Gasteiger partial charge is 0.339 e. The predicted octanol–water partition coefficient (Wildman–Crippen LogP) is 1.67. The summed E-state index contributed by atoms with van der Waals surface area (Å²) in [5, 5.41) is 12.6. The van der Waals surface area contributed by atoms with E-state index < -0.39 is 18.0 Å². The summed E-state index contributed by atoms with van der Waals surface area (Å²) in [5.41, 5.74) is 1.22. The van der Waals surface area contributed by atoms with Crippen LogP contribution in [0, 0.1) is 17.2 Å². The number of benzene rings is 1. The largest absolute Gasteiger partial charge is 0.452 e. The molecule has 1 aliphatic heterocycles. The Morgan fingerprint density at radius 1 is 1.59 bits per heavy atom. The summed E-state index contributed by atoms with van der Waals surface area (Å²) < 4.78 is 5.17. The number of nitrogens with zero attached hydrogens (tertiary/aromatic N) is 2. The van der Waals surface area contributed by atoms with E-state index in [4.69, 9.17) is 10.00 Å². The monoisotopic (exact) mass is 230 g/mol. The van der Waals surface area contributed by atoms with Gasteiger partial charge in [-0.3, -0.25) is 0 Å². The van der Waals surface area contributed by atoms with Crippen LogP contribution < -0.4 is 0 Å². The highest BCUT2D eigenvalue weighted by Crippen LogP contribution is 2.34. The van der Waals surface area contributed by atoms with Crippen LogP contribution >= 0.6 is 0 Å². The van der Waals surface area contributed by atoms with Crippen LogP contribution in [0.25, 0.3) is 0 Å². The summed E-state index contributed by atoms with van der Waals surface area (Å²) in [6.07, 6.45) is 0.725. The molecule has 1 heterocycles. The van der Waals surface area contributed by atoms with Crippen molar-refractivity contribution in [2.24, 2.45) is 11.1 Å². The quantitative estimate of drug-likeness (QED) is 0.450. The topological polar surface area (TPSA) is 71.7 Å². The maximum absolute atomic E-state index is 11.6. The molecule has 0 N–H and O–H groups in total. The Kier molecular flexibility index (Phi) is 3.06. The highest BCUT2D eigenvalue weighted by atomic mass is 16.6. The molecule has 1 aromatic rings. The summed E-state index contributed by atoms with van der Waals surface area (Å²) in [7, 11) is 1.39. The van der Waals surface area contributed by atoms with Crippen molar-refractivity contribution in [2.75, 3.05) is 7.11 Å². The van der Waals surface area contributed by atoms with E-state index in [0.717, 1.165) is 0 Å². The molecular weight excluding hydrogens is 220 g/mol. The second-order valence-electron chi connectivity index (χ2n) is 3.51. The zero-order valence-electron chi connectivity index (χ0n) is 9.16. The van der Waals surface area contributed by atoms with Crippen molar-refractivity contribution in [3.63, 3.8) is 0 Å². The normalized spacial score (nSPS) is 19.5. The van der Waals surface area contributed by atoms with Gasteiger partial charge in [0.15, 0.2) is 0 Å². The SMILES string of the molecule is CO/N=C\[C@@H](C#N)[C@@H]1OC(=O)c2ccccc21. The Morgan fingerprint density at radius 3 is 3.06 bits per heavy atom. The number of hydrogen-bond donors (Lipinski definition) is 0. The number of esters is 1. The number of fused-ring (bicyclic) bond motifs is 1. The summed E-state index contributed by atoms with van der Waals surface area (Å²) in [4.78, 5) is 16.1. The third-order valence-electron chi connectivity index (χ3n) is 2.52. The van der Waals surface area contributed by atoms with Crippen LogP contribution in [0.15, 0.2) is 29.4 Å². The van der Waals surface area contributed by atoms with Crippen molar-refractivity contribution in [3.05, 3.63) is 35.4 Å². The molecule has 0 fully saturated rings. The Morgan fingerprint density at radius 2 is 2.35 bits per heavy atom. The predicted molar refractivity (Wildman–Crippen MR) is 59.2 cm³/mol. The van der Waals surface area contributed by atoms with Crippen molar-refractivity contribution in [3.8, 4) is 6.07 Å². The fourth-order valence-electron chi connectivity index (χ4n) is 1.75. The Bertz CT molecular complexity index is 505. The van der Waals surface area contributed by atoms with Crippen LogP contribution in [0.1, 0.15) is 22.0 Å². The molecule has 0 radical (unpaired) electrons. The van der Waals surface area contributed by atoms with Gasteiger partial charge in [-0.2, -0.15) is 5.26 Å². The number of hydrogen-bond acceptors (Lipinski definition) is 5. The van der Waals surface area contributed by atoms with E-state index in [1.54, 1.807) is 24.3 Å². The van der Waals surface area contributed by atoms with Crippen molar-refractivity contribution in [1.82, 2.24) is 0 Å². The third-order valence-corrected chi connectivity index (χ3v) is 2.52. The van der Waals surface area contributed by atoms with Gasteiger partial charge in [0.05, 0.1) is 17.8 Å². The van der Waals surface area contributed by atoms with Gasteiger partial charge in [0.2, 0.25) is 0 Å². The molecule has 0 aliphatic carbocycles. The van der Waals surface area contributed by atoms with Gasteiger partial charge in [0.25, 0.3) is 0 Å². The Hall–Kier alpha value is -2.35. The van der Waals surface area contributed by atoms with Crippen molar-refractivity contribution >= 4 is 12.2 Å². The first-order chi connectivity index (χ1) is 8.27. The van der Waals surface area contributed by atoms with Gasteiger partial charge in [0, 0.05) is 5.56 Å². The molecule has 5 heteroatoms. The van der Waals surface area contributed by atoms with Crippen LogP contribution in [-0.4, -0.2) is 19.3 Å². The third kappa shape index (κ3) is 1.97. The number of ether oxygens (including phenoxy) is 1. The van der Waals surface area contributed by atoms with E-state index in [1.165, 1.54) is 13.3 Å². The van der Waals surface area contributed by atoms with Crippen molar-refractivity contribution in [1.29, 1.82) is 5.26 Å². The number of rotatable bonds is 3. The summed E-state index contributed by atoms with van der Waals surface area (Å²) in [6.45, 7) is 0. The molecule has 0 amide bonds. The van der Waals surface area contributed by atoms with Crippen LogP contribution in [-0.2, 0) is 9.57 Å². The molecule has 1 aliphatic rings. The lowest BCUT2D eigenvalue weighted by atomic mass is 9.96. The van der Waals surface area contributed by atoms with Gasteiger partial charge < -0.3 is 9.57 Å².